The predicted octanol–water partition coefficient (Wildman–Crippen LogP) is 3.34. The molecule has 1 aromatic carbocycles. The van der Waals surface area contributed by atoms with Gasteiger partial charge in [0.05, 0.1) is 12.2 Å². The molecule has 0 amide bonds. The molecule has 0 unspecified atom stereocenters. The number of halogens is 1. The molecule has 0 radical (unpaired) electrons. The Morgan fingerprint density at radius 3 is 2.56 bits per heavy atom. The topological polar surface area (TPSA) is 55.8 Å². The first-order chi connectivity index (χ1) is 8.31. The second kappa shape index (κ2) is 6.20. The van der Waals surface area contributed by atoms with Crippen molar-refractivity contribution in [2.24, 2.45) is 0 Å². The lowest BCUT2D eigenvalue weighted by atomic mass is 10.2. The maximum absolute atomic E-state index is 11.1. The number of carboxylic acids is 1. The normalized spacial score (nSPS) is 11.3. The third-order valence-electron chi connectivity index (χ3n) is 2.07. The minimum Gasteiger partial charge on any atom is -0.490 e. The molecular weight excluding hydrogens is 300 g/mol. The zero-order valence-corrected chi connectivity index (χ0v) is 12.3. The van der Waals surface area contributed by atoms with E-state index in [1.54, 1.807) is 18.2 Å². The van der Waals surface area contributed by atoms with Gasteiger partial charge in [-0.15, -0.1) is 0 Å². The highest BCUT2D eigenvalue weighted by atomic mass is 79.9. The molecule has 0 fully saturated rings. The molecule has 0 aliphatic heterocycles. The summed E-state index contributed by atoms with van der Waals surface area (Å²) in [5.41, 5.74) is -0.0933. The summed E-state index contributed by atoms with van der Waals surface area (Å²) < 4.78 is 11.4. The van der Waals surface area contributed by atoms with Gasteiger partial charge in [0, 0.05) is 4.47 Å². The lowest BCUT2D eigenvalue weighted by Gasteiger charge is -2.19. The summed E-state index contributed by atoms with van der Waals surface area (Å²) in [5.74, 6) is -0.677. The Hall–Kier alpha value is -1.07. The standard InChI is InChI=1S/C13H17BrO4/c1-13(2,3)18-8-7-17-10-6-4-5-9(14)11(10)12(15)16/h4-6H,7-8H2,1-3H3,(H,15,16). The number of carbonyl (C=O) groups is 1. The van der Waals surface area contributed by atoms with Crippen LogP contribution in [0.5, 0.6) is 5.75 Å². The molecule has 100 valence electrons. The molecule has 0 atom stereocenters. The molecule has 1 aromatic rings. The number of benzene rings is 1. The van der Waals surface area contributed by atoms with Crippen molar-refractivity contribution in [1.82, 2.24) is 0 Å². The van der Waals surface area contributed by atoms with Crippen molar-refractivity contribution in [2.45, 2.75) is 26.4 Å². The highest BCUT2D eigenvalue weighted by Crippen LogP contribution is 2.26. The molecule has 0 aliphatic rings. The lowest BCUT2D eigenvalue weighted by molar-refractivity contribution is -0.0164. The van der Waals surface area contributed by atoms with Crippen LogP contribution in [0.3, 0.4) is 0 Å². The number of aromatic carboxylic acids is 1. The van der Waals surface area contributed by atoms with E-state index >= 15 is 0 Å². The third-order valence-corrected chi connectivity index (χ3v) is 2.73. The van der Waals surface area contributed by atoms with E-state index in [9.17, 15) is 4.79 Å². The quantitative estimate of drug-likeness (QED) is 0.846. The van der Waals surface area contributed by atoms with E-state index in [0.717, 1.165) is 0 Å². The van der Waals surface area contributed by atoms with E-state index in [0.29, 0.717) is 23.4 Å². The average Bonchev–Trinajstić information content (AvgIpc) is 2.22. The third kappa shape index (κ3) is 4.66. The Labute approximate surface area is 115 Å². The Balaban J connectivity index is 2.63. The van der Waals surface area contributed by atoms with Crippen LogP contribution in [0.1, 0.15) is 31.1 Å². The first-order valence-corrected chi connectivity index (χ1v) is 6.39. The highest BCUT2D eigenvalue weighted by Gasteiger charge is 2.15. The minimum absolute atomic E-state index is 0.133. The minimum atomic E-state index is -1.02. The molecule has 4 nitrogen and oxygen atoms in total. The van der Waals surface area contributed by atoms with Gasteiger partial charge < -0.3 is 14.6 Å². The van der Waals surface area contributed by atoms with Crippen LogP contribution in [0.4, 0.5) is 0 Å². The Morgan fingerprint density at radius 2 is 2.00 bits per heavy atom. The number of hydrogen-bond acceptors (Lipinski definition) is 3. The zero-order chi connectivity index (χ0) is 13.8. The Kier molecular flexibility index (Phi) is 5.16. The molecule has 0 aromatic heterocycles. The van der Waals surface area contributed by atoms with Gasteiger partial charge in [-0.25, -0.2) is 4.79 Å². The van der Waals surface area contributed by atoms with Crippen LogP contribution in [0, 0.1) is 0 Å². The number of carboxylic acid groups (broad SMARTS) is 1. The Bertz CT molecular complexity index is 423. The van der Waals surface area contributed by atoms with E-state index in [1.165, 1.54) is 0 Å². The van der Waals surface area contributed by atoms with Crippen molar-refractivity contribution >= 4 is 21.9 Å². The largest absolute Gasteiger partial charge is 0.490 e. The summed E-state index contributed by atoms with van der Waals surface area (Å²) in [6.45, 7) is 6.58. The van der Waals surface area contributed by atoms with Gasteiger partial charge in [0.2, 0.25) is 0 Å². The molecule has 0 aliphatic carbocycles. The Morgan fingerprint density at radius 1 is 1.33 bits per heavy atom. The van der Waals surface area contributed by atoms with Crippen molar-refractivity contribution in [2.75, 3.05) is 13.2 Å². The van der Waals surface area contributed by atoms with Crippen LogP contribution in [-0.2, 0) is 4.74 Å². The molecule has 0 spiro atoms. The van der Waals surface area contributed by atoms with Gasteiger partial charge in [0.15, 0.2) is 0 Å². The van der Waals surface area contributed by atoms with E-state index in [1.807, 2.05) is 20.8 Å². The van der Waals surface area contributed by atoms with Gasteiger partial charge in [-0.2, -0.15) is 0 Å². The van der Waals surface area contributed by atoms with Crippen LogP contribution < -0.4 is 4.74 Å². The molecule has 0 saturated heterocycles. The van der Waals surface area contributed by atoms with Crippen molar-refractivity contribution in [3.63, 3.8) is 0 Å². The molecule has 18 heavy (non-hydrogen) atoms. The van der Waals surface area contributed by atoms with Crippen molar-refractivity contribution in [3.8, 4) is 5.75 Å². The molecule has 1 rings (SSSR count). The number of rotatable bonds is 5. The molecular formula is C13H17BrO4. The van der Waals surface area contributed by atoms with Crippen LogP contribution in [0.25, 0.3) is 0 Å². The second-order valence-corrected chi connectivity index (χ2v) is 5.58. The summed E-state index contributed by atoms with van der Waals surface area (Å²) >= 11 is 3.20. The fraction of sp³-hybridized carbons (Fsp3) is 0.462. The summed E-state index contributed by atoms with van der Waals surface area (Å²) in [6, 6.07) is 5.03. The van der Waals surface area contributed by atoms with E-state index < -0.39 is 5.97 Å². The molecule has 0 heterocycles. The summed E-state index contributed by atoms with van der Waals surface area (Å²) in [6.07, 6.45) is 0. The first-order valence-electron chi connectivity index (χ1n) is 5.60. The molecule has 1 N–H and O–H groups in total. The fourth-order valence-corrected chi connectivity index (χ4v) is 1.85. The van der Waals surface area contributed by atoms with Crippen molar-refractivity contribution < 1.29 is 19.4 Å². The van der Waals surface area contributed by atoms with Gasteiger partial charge in [0.1, 0.15) is 17.9 Å². The van der Waals surface area contributed by atoms with Gasteiger partial charge in [-0.05, 0) is 48.8 Å². The summed E-state index contributed by atoms with van der Waals surface area (Å²) in [4.78, 5) is 11.1. The van der Waals surface area contributed by atoms with Gasteiger partial charge >= 0.3 is 5.97 Å². The maximum atomic E-state index is 11.1. The number of ether oxygens (including phenoxy) is 2. The zero-order valence-electron chi connectivity index (χ0n) is 10.7. The maximum Gasteiger partial charge on any atom is 0.340 e. The van der Waals surface area contributed by atoms with Crippen LogP contribution >= 0.6 is 15.9 Å². The fourth-order valence-electron chi connectivity index (χ4n) is 1.33. The smallest absolute Gasteiger partial charge is 0.340 e. The predicted molar refractivity (Wildman–Crippen MR) is 72.3 cm³/mol. The number of hydrogen-bond donors (Lipinski definition) is 1. The van der Waals surface area contributed by atoms with Crippen LogP contribution in [-0.4, -0.2) is 29.9 Å². The van der Waals surface area contributed by atoms with Crippen molar-refractivity contribution in [1.29, 1.82) is 0 Å². The van der Waals surface area contributed by atoms with Gasteiger partial charge in [0.25, 0.3) is 0 Å². The monoisotopic (exact) mass is 316 g/mol. The van der Waals surface area contributed by atoms with Gasteiger partial charge in [-0.3, -0.25) is 0 Å². The summed E-state index contributed by atoms with van der Waals surface area (Å²) in [7, 11) is 0. The average molecular weight is 317 g/mol. The van der Waals surface area contributed by atoms with E-state index in [2.05, 4.69) is 15.9 Å². The second-order valence-electron chi connectivity index (χ2n) is 4.73. The van der Waals surface area contributed by atoms with E-state index in [4.69, 9.17) is 14.6 Å². The summed E-state index contributed by atoms with van der Waals surface area (Å²) in [5, 5.41) is 9.09. The molecule has 0 saturated carbocycles. The van der Waals surface area contributed by atoms with Crippen molar-refractivity contribution in [3.05, 3.63) is 28.2 Å². The molecule has 0 bridgehead atoms. The van der Waals surface area contributed by atoms with E-state index in [-0.39, 0.29) is 11.2 Å². The lowest BCUT2D eigenvalue weighted by Crippen LogP contribution is -2.22. The SMILES string of the molecule is CC(C)(C)OCCOc1cccc(Br)c1C(=O)O. The first kappa shape index (κ1) is 15.0. The molecule has 5 heteroatoms. The van der Waals surface area contributed by atoms with Gasteiger partial charge in [-0.1, -0.05) is 6.07 Å². The van der Waals surface area contributed by atoms with Crippen LogP contribution in [0.15, 0.2) is 22.7 Å². The highest BCUT2D eigenvalue weighted by molar-refractivity contribution is 9.10. The van der Waals surface area contributed by atoms with Crippen LogP contribution in [0.2, 0.25) is 0 Å².